The van der Waals surface area contributed by atoms with Crippen molar-refractivity contribution in [2.24, 2.45) is 5.73 Å². The minimum Gasteiger partial charge on any atom is -0.493 e. The van der Waals surface area contributed by atoms with E-state index in [0.29, 0.717) is 13.2 Å². The molecule has 0 aromatic heterocycles. The van der Waals surface area contributed by atoms with Gasteiger partial charge in [-0.1, -0.05) is 0 Å². The Hall–Kier alpha value is -1.26. The van der Waals surface area contributed by atoms with Crippen LogP contribution in [-0.2, 0) is 12.8 Å². The minimum absolute atomic E-state index is 0.215. The van der Waals surface area contributed by atoms with E-state index >= 15 is 0 Å². The number of fused-ring (bicyclic) bond motifs is 2. The zero-order chi connectivity index (χ0) is 11.1. The van der Waals surface area contributed by atoms with Gasteiger partial charge in [0, 0.05) is 36.1 Å². The van der Waals surface area contributed by atoms with Crippen LogP contribution in [-0.4, -0.2) is 24.9 Å². The van der Waals surface area contributed by atoms with Crippen LogP contribution < -0.4 is 15.2 Å². The lowest BCUT2D eigenvalue weighted by atomic mass is 9.96. The largest absolute Gasteiger partial charge is 0.493 e. The van der Waals surface area contributed by atoms with Crippen molar-refractivity contribution >= 4 is 0 Å². The Morgan fingerprint density at radius 3 is 2.94 bits per heavy atom. The van der Waals surface area contributed by atoms with Crippen molar-refractivity contribution in [1.82, 2.24) is 0 Å². The number of nitrogens with two attached hydrogens (primary N) is 1. The first-order chi connectivity index (χ1) is 7.81. The van der Waals surface area contributed by atoms with Crippen LogP contribution in [0.1, 0.15) is 22.8 Å². The van der Waals surface area contributed by atoms with Crippen LogP contribution in [0.2, 0.25) is 0 Å². The molecule has 3 rings (SSSR count). The highest BCUT2D eigenvalue weighted by molar-refractivity contribution is 5.57. The number of hydrogen-bond acceptors (Lipinski definition) is 4. The van der Waals surface area contributed by atoms with Crippen LogP contribution in [0.5, 0.6) is 11.5 Å². The first-order valence-corrected chi connectivity index (χ1v) is 5.63. The van der Waals surface area contributed by atoms with Gasteiger partial charge in [-0.15, -0.1) is 0 Å². The molecule has 1 aromatic carbocycles. The van der Waals surface area contributed by atoms with Crippen LogP contribution in [0.15, 0.2) is 6.07 Å². The summed E-state index contributed by atoms with van der Waals surface area (Å²) >= 11 is 0. The second-order valence-electron chi connectivity index (χ2n) is 4.20. The summed E-state index contributed by atoms with van der Waals surface area (Å²) in [4.78, 5) is 0. The van der Waals surface area contributed by atoms with Crippen molar-refractivity contribution < 1.29 is 14.6 Å². The monoisotopic (exact) mass is 221 g/mol. The van der Waals surface area contributed by atoms with E-state index < -0.39 is 6.10 Å². The second-order valence-corrected chi connectivity index (χ2v) is 4.20. The fourth-order valence-electron chi connectivity index (χ4n) is 2.49. The molecule has 4 heteroatoms. The molecule has 1 unspecified atom stereocenters. The van der Waals surface area contributed by atoms with Crippen molar-refractivity contribution in [3.8, 4) is 11.5 Å². The lowest BCUT2D eigenvalue weighted by Crippen LogP contribution is -2.14. The summed E-state index contributed by atoms with van der Waals surface area (Å²) in [5.41, 5.74) is 8.59. The number of hydrogen-bond donors (Lipinski definition) is 2. The van der Waals surface area contributed by atoms with Crippen molar-refractivity contribution in [1.29, 1.82) is 0 Å². The number of benzene rings is 1. The number of rotatable bonds is 2. The molecule has 0 radical (unpaired) electrons. The Bertz CT molecular complexity index is 399. The first-order valence-electron chi connectivity index (χ1n) is 5.63. The predicted octanol–water partition coefficient (Wildman–Crippen LogP) is 0.548. The van der Waals surface area contributed by atoms with E-state index in [-0.39, 0.29) is 6.54 Å². The molecule has 1 aromatic rings. The fourth-order valence-corrected chi connectivity index (χ4v) is 2.49. The Kier molecular flexibility index (Phi) is 2.26. The standard InChI is InChI=1S/C12H15NO3/c13-6-9(14)11-8-2-4-15-10(8)5-7-1-3-16-12(7)11/h5,9,14H,1-4,6,13H2. The normalized spacial score (nSPS) is 18.6. The molecule has 0 fully saturated rings. The van der Waals surface area contributed by atoms with Crippen LogP contribution in [0.4, 0.5) is 0 Å². The van der Waals surface area contributed by atoms with Gasteiger partial charge in [0.1, 0.15) is 11.5 Å². The average Bonchev–Trinajstić information content (AvgIpc) is 2.91. The van der Waals surface area contributed by atoms with Gasteiger partial charge >= 0.3 is 0 Å². The molecule has 1 atom stereocenters. The lowest BCUT2D eigenvalue weighted by Gasteiger charge is -2.16. The molecular weight excluding hydrogens is 206 g/mol. The van der Waals surface area contributed by atoms with Crippen LogP contribution in [0.25, 0.3) is 0 Å². The average molecular weight is 221 g/mol. The van der Waals surface area contributed by atoms with Crippen LogP contribution in [0, 0.1) is 0 Å². The second kappa shape index (κ2) is 3.64. The summed E-state index contributed by atoms with van der Waals surface area (Å²) in [7, 11) is 0. The molecule has 0 saturated heterocycles. The molecular formula is C12H15NO3. The minimum atomic E-state index is -0.650. The van der Waals surface area contributed by atoms with Gasteiger partial charge in [-0.2, -0.15) is 0 Å². The molecule has 0 saturated carbocycles. The molecule has 0 spiro atoms. The third-order valence-corrected chi connectivity index (χ3v) is 3.25. The first kappa shape index (κ1) is 9.93. The maximum Gasteiger partial charge on any atom is 0.129 e. The third-order valence-electron chi connectivity index (χ3n) is 3.25. The highest BCUT2D eigenvalue weighted by atomic mass is 16.5. The molecule has 16 heavy (non-hydrogen) atoms. The van der Waals surface area contributed by atoms with Gasteiger partial charge in [0.15, 0.2) is 0 Å². The van der Waals surface area contributed by atoms with Crippen molar-refractivity contribution in [3.05, 3.63) is 22.8 Å². The van der Waals surface area contributed by atoms with Crippen molar-refractivity contribution in [3.63, 3.8) is 0 Å². The van der Waals surface area contributed by atoms with E-state index in [0.717, 1.165) is 41.0 Å². The maximum absolute atomic E-state index is 10.00. The molecule has 2 aliphatic rings. The number of ether oxygens (including phenoxy) is 2. The molecule has 0 bridgehead atoms. The quantitative estimate of drug-likeness (QED) is 0.765. The highest BCUT2D eigenvalue weighted by Gasteiger charge is 2.29. The molecule has 86 valence electrons. The Morgan fingerprint density at radius 1 is 1.31 bits per heavy atom. The van der Waals surface area contributed by atoms with Gasteiger partial charge < -0.3 is 20.3 Å². The number of aliphatic hydroxyl groups is 1. The Morgan fingerprint density at radius 2 is 2.12 bits per heavy atom. The van der Waals surface area contributed by atoms with Gasteiger partial charge in [0.2, 0.25) is 0 Å². The Balaban J connectivity index is 2.19. The topological polar surface area (TPSA) is 64.7 Å². The zero-order valence-electron chi connectivity index (χ0n) is 9.03. The lowest BCUT2D eigenvalue weighted by molar-refractivity contribution is 0.180. The third kappa shape index (κ3) is 1.30. The highest BCUT2D eigenvalue weighted by Crippen LogP contribution is 2.43. The maximum atomic E-state index is 10.00. The van der Waals surface area contributed by atoms with Gasteiger partial charge in [-0.05, 0) is 6.07 Å². The van der Waals surface area contributed by atoms with Gasteiger partial charge in [0.05, 0.1) is 19.3 Å². The molecule has 0 aliphatic carbocycles. The van der Waals surface area contributed by atoms with E-state index in [1.807, 2.05) is 6.07 Å². The Labute approximate surface area is 94.0 Å². The summed E-state index contributed by atoms with van der Waals surface area (Å²) in [6, 6.07) is 2.04. The zero-order valence-corrected chi connectivity index (χ0v) is 9.03. The molecule has 4 nitrogen and oxygen atoms in total. The van der Waals surface area contributed by atoms with Crippen molar-refractivity contribution in [2.75, 3.05) is 19.8 Å². The summed E-state index contributed by atoms with van der Waals surface area (Å²) in [6.07, 6.45) is 1.07. The van der Waals surface area contributed by atoms with Crippen LogP contribution >= 0.6 is 0 Å². The summed E-state index contributed by atoms with van der Waals surface area (Å²) in [6.45, 7) is 1.58. The van der Waals surface area contributed by atoms with E-state index in [1.54, 1.807) is 0 Å². The molecule has 2 aliphatic heterocycles. The van der Waals surface area contributed by atoms with Gasteiger partial charge in [0.25, 0.3) is 0 Å². The number of aliphatic hydroxyl groups excluding tert-OH is 1. The molecule has 2 heterocycles. The van der Waals surface area contributed by atoms with E-state index in [2.05, 4.69) is 0 Å². The van der Waals surface area contributed by atoms with E-state index in [9.17, 15) is 5.11 Å². The van der Waals surface area contributed by atoms with Gasteiger partial charge in [-0.25, -0.2) is 0 Å². The SMILES string of the molecule is NCC(O)c1c2c(cc3c1OCC3)OCC2. The molecule has 3 N–H and O–H groups in total. The van der Waals surface area contributed by atoms with Crippen molar-refractivity contribution in [2.45, 2.75) is 18.9 Å². The predicted molar refractivity (Wildman–Crippen MR) is 58.9 cm³/mol. The summed E-state index contributed by atoms with van der Waals surface area (Å²) in [5.74, 6) is 1.73. The molecule has 0 amide bonds. The summed E-state index contributed by atoms with van der Waals surface area (Å²) < 4.78 is 11.2. The summed E-state index contributed by atoms with van der Waals surface area (Å²) in [5, 5.41) is 10.00. The fraction of sp³-hybridized carbons (Fsp3) is 0.500. The van der Waals surface area contributed by atoms with E-state index in [4.69, 9.17) is 15.2 Å². The smallest absolute Gasteiger partial charge is 0.129 e. The van der Waals surface area contributed by atoms with Crippen LogP contribution in [0.3, 0.4) is 0 Å². The van der Waals surface area contributed by atoms with Gasteiger partial charge in [-0.3, -0.25) is 0 Å². The van der Waals surface area contributed by atoms with E-state index in [1.165, 1.54) is 0 Å².